The zero-order chi connectivity index (χ0) is 15.1. The van der Waals surface area contributed by atoms with Crippen molar-refractivity contribution < 1.29 is 9.53 Å². The smallest absolute Gasteiger partial charge is 0.412 e. The minimum Gasteiger partial charge on any atom is -0.453 e. The molecule has 0 radical (unpaired) electrons. The molecule has 0 fully saturated rings. The quantitative estimate of drug-likeness (QED) is 0.915. The van der Waals surface area contributed by atoms with E-state index in [9.17, 15) is 4.79 Å². The fourth-order valence-corrected chi connectivity index (χ4v) is 1.87. The maximum atomic E-state index is 11.1. The average molecular weight is 286 g/mol. The van der Waals surface area contributed by atoms with Crippen molar-refractivity contribution in [3.05, 3.63) is 48.0 Å². The molecule has 1 aromatic carbocycles. The predicted molar refractivity (Wildman–Crippen MR) is 81.2 cm³/mol. The highest BCUT2D eigenvalue weighted by Crippen LogP contribution is 2.15. The molecular formula is C15H18N4O2. The molecule has 0 aliphatic carbocycles. The number of anilines is 2. The maximum Gasteiger partial charge on any atom is 0.412 e. The Morgan fingerprint density at radius 2 is 1.95 bits per heavy atom. The Hall–Kier alpha value is -2.63. The summed E-state index contributed by atoms with van der Waals surface area (Å²) < 4.78 is 4.50. The maximum absolute atomic E-state index is 11.1. The number of ether oxygens (including phenoxy) is 1. The van der Waals surface area contributed by atoms with Gasteiger partial charge in [0.1, 0.15) is 0 Å². The molecule has 1 amide bonds. The zero-order valence-corrected chi connectivity index (χ0v) is 12.1. The zero-order valence-electron chi connectivity index (χ0n) is 12.1. The number of hydrogen-bond donors (Lipinski definition) is 1. The molecule has 0 unspecified atom stereocenters. The lowest BCUT2D eigenvalue weighted by atomic mass is 10.2. The van der Waals surface area contributed by atoms with Gasteiger partial charge in [0.05, 0.1) is 7.11 Å². The standard InChI is InChI=1S/C15H18N4O2/c1-3-19(11-12-7-5-4-6-8-12)14-10-9-13(17-18-14)16-15(20)21-2/h4-10H,3,11H2,1-2H3,(H,16,17,20). The molecule has 1 N–H and O–H groups in total. The Balaban J connectivity index is 2.06. The van der Waals surface area contributed by atoms with Gasteiger partial charge in [-0.3, -0.25) is 5.32 Å². The Morgan fingerprint density at radius 3 is 2.52 bits per heavy atom. The third-order valence-electron chi connectivity index (χ3n) is 2.99. The molecule has 2 rings (SSSR count). The van der Waals surface area contributed by atoms with Crippen molar-refractivity contribution in [2.45, 2.75) is 13.5 Å². The second-order valence-corrected chi connectivity index (χ2v) is 4.39. The van der Waals surface area contributed by atoms with Crippen LogP contribution in [-0.2, 0) is 11.3 Å². The van der Waals surface area contributed by atoms with Gasteiger partial charge in [-0.25, -0.2) is 4.79 Å². The van der Waals surface area contributed by atoms with E-state index >= 15 is 0 Å². The van der Waals surface area contributed by atoms with E-state index in [0.717, 1.165) is 18.9 Å². The second-order valence-electron chi connectivity index (χ2n) is 4.39. The van der Waals surface area contributed by atoms with Crippen molar-refractivity contribution in [1.82, 2.24) is 10.2 Å². The first-order chi connectivity index (χ1) is 10.2. The summed E-state index contributed by atoms with van der Waals surface area (Å²) in [5.74, 6) is 1.12. The van der Waals surface area contributed by atoms with Crippen LogP contribution in [-0.4, -0.2) is 29.9 Å². The molecule has 0 spiro atoms. The van der Waals surface area contributed by atoms with E-state index in [1.807, 2.05) is 24.3 Å². The first-order valence-electron chi connectivity index (χ1n) is 6.70. The molecule has 0 aliphatic heterocycles. The van der Waals surface area contributed by atoms with Crippen molar-refractivity contribution >= 4 is 17.7 Å². The molecule has 6 nitrogen and oxygen atoms in total. The molecule has 1 aromatic heterocycles. The molecule has 0 atom stereocenters. The summed E-state index contributed by atoms with van der Waals surface area (Å²) in [5, 5.41) is 10.6. The topological polar surface area (TPSA) is 67.4 Å². The van der Waals surface area contributed by atoms with Crippen LogP contribution >= 0.6 is 0 Å². The van der Waals surface area contributed by atoms with E-state index < -0.39 is 6.09 Å². The fraction of sp³-hybridized carbons (Fsp3) is 0.267. The first-order valence-corrected chi connectivity index (χ1v) is 6.70. The highest BCUT2D eigenvalue weighted by molar-refractivity contribution is 5.83. The van der Waals surface area contributed by atoms with Crippen LogP contribution in [0.1, 0.15) is 12.5 Å². The van der Waals surface area contributed by atoms with E-state index in [1.165, 1.54) is 12.7 Å². The molecular weight excluding hydrogens is 268 g/mol. The normalized spacial score (nSPS) is 10.0. The van der Waals surface area contributed by atoms with Crippen LogP contribution in [0.25, 0.3) is 0 Å². The summed E-state index contributed by atoms with van der Waals surface area (Å²) in [6.45, 7) is 3.63. The lowest BCUT2D eigenvalue weighted by Gasteiger charge is -2.21. The van der Waals surface area contributed by atoms with Crippen LogP contribution in [0.2, 0.25) is 0 Å². The fourth-order valence-electron chi connectivity index (χ4n) is 1.87. The second kappa shape index (κ2) is 7.23. The molecule has 0 bridgehead atoms. The minimum absolute atomic E-state index is 0.362. The molecule has 0 aliphatic rings. The van der Waals surface area contributed by atoms with Crippen molar-refractivity contribution in [2.75, 3.05) is 23.9 Å². The van der Waals surface area contributed by atoms with Gasteiger partial charge in [0.25, 0.3) is 0 Å². The average Bonchev–Trinajstić information content (AvgIpc) is 2.54. The first kappa shape index (κ1) is 14.8. The lowest BCUT2D eigenvalue weighted by Crippen LogP contribution is -2.23. The lowest BCUT2D eigenvalue weighted by molar-refractivity contribution is 0.187. The van der Waals surface area contributed by atoms with Gasteiger partial charge in [-0.15, -0.1) is 10.2 Å². The number of nitrogens with one attached hydrogen (secondary N) is 1. The molecule has 1 heterocycles. The van der Waals surface area contributed by atoms with Crippen LogP contribution in [0.5, 0.6) is 0 Å². The highest BCUT2D eigenvalue weighted by Gasteiger charge is 2.08. The Kier molecular flexibility index (Phi) is 5.09. The van der Waals surface area contributed by atoms with E-state index in [0.29, 0.717) is 5.82 Å². The summed E-state index contributed by atoms with van der Waals surface area (Å²) >= 11 is 0. The third-order valence-corrected chi connectivity index (χ3v) is 2.99. The number of amides is 1. The summed E-state index contributed by atoms with van der Waals surface area (Å²) in [6.07, 6.45) is -0.561. The monoisotopic (exact) mass is 286 g/mol. The SMILES string of the molecule is CCN(Cc1ccccc1)c1ccc(NC(=O)OC)nn1. The number of nitrogens with zero attached hydrogens (tertiary/aromatic N) is 3. The van der Waals surface area contributed by atoms with Crippen LogP contribution in [0.4, 0.5) is 16.4 Å². The Labute approximate surface area is 123 Å². The molecule has 6 heteroatoms. The van der Waals surface area contributed by atoms with Crippen molar-refractivity contribution in [1.29, 1.82) is 0 Å². The molecule has 0 saturated carbocycles. The van der Waals surface area contributed by atoms with Crippen molar-refractivity contribution in [3.8, 4) is 0 Å². The van der Waals surface area contributed by atoms with Crippen molar-refractivity contribution in [2.24, 2.45) is 0 Å². The number of methoxy groups -OCH3 is 1. The van der Waals surface area contributed by atoms with Crippen LogP contribution in [0.15, 0.2) is 42.5 Å². The van der Waals surface area contributed by atoms with E-state index in [4.69, 9.17) is 0 Å². The Bertz CT molecular complexity index is 572. The highest BCUT2D eigenvalue weighted by atomic mass is 16.5. The van der Waals surface area contributed by atoms with E-state index in [-0.39, 0.29) is 0 Å². The largest absolute Gasteiger partial charge is 0.453 e. The van der Waals surface area contributed by atoms with Gasteiger partial charge < -0.3 is 9.64 Å². The Morgan fingerprint density at radius 1 is 1.19 bits per heavy atom. The number of carbonyl (C=O) groups excluding carboxylic acids is 1. The number of carbonyl (C=O) groups is 1. The van der Waals surface area contributed by atoms with Gasteiger partial charge >= 0.3 is 6.09 Å². The van der Waals surface area contributed by atoms with Crippen molar-refractivity contribution in [3.63, 3.8) is 0 Å². The van der Waals surface area contributed by atoms with Gasteiger partial charge in [-0.05, 0) is 24.6 Å². The molecule has 110 valence electrons. The van der Waals surface area contributed by atoms with Crippen LogP contribution in [0, 0.1) is 0 Å². The predicted octanol–water partition coefficient (Wildman–Crippen LogP) is 2.68. The van der Waals surface area contributed by atoms with Gasteiger partial charge in [0.2, 0.25) is 0 Å². The van der Waals surface area contributed by atoms with Gasteiger partial charge in [0, 0.05) is 13.1 Å². The summed E-state index contributed by atoms with van der Waals surface area (Å²) in [5.41, 5.74) is 1.21. The minimum atomic E-state index is -0.561. The summed E-state index contributed by atoms with van der Waals surface area (Å²) in [4.78, 5) is 13.2. The molecule has 0 saturated heterocycles. The number of hydrogen-bond acceptors (Lipinski definition) is 5. The summed E-state index contributed by atoms with van der Waals surface area (Å²) in [7, 11) is 1.30. The number of benzene rings is 1. The third kappa shape index (κ3) is 4.17. The van der Waals surface area contributed by atoms with E-state index in [2.05, 4.69) is 44.2 Å². The van der Waals surface area contributed by atoms with Gasteiger partial charge in [0.15, 0.2) is 11.6 Å². The summed E-state index contributed by atoms with van der Waals surface area (Å²) in [6, 6.07) is 13.7. The van der Waals surface area contributed by atoms with Gasteiger partial charge in [-0.2, -0.15) is 0 Å². The van der Waals surface area contributed by atoms with Crippen LogP contribution < -0.4 is 10.2 Å². The van der Waals surface area contributed by atoms with Gasteiger partial charge in [-0.1, -0.05) is 30.3 Å². The molecule has 21 heavy (non-hydrogen) atoms. The number of aromatic nitrogens is 2. The molecule has 2 aromatic rings. The van der Waals surface area contributed by atoms with E-state index in [1.54, 1.807) is 6.07 Å². The number of rotatable bonds is 5. The van der Waals surface area contributed by atoms with Crippen LogP contribution in [0.3, 0.4) is 0 Å².